The normalized spacial score (nSPS) is 24.6. The second-order valence-electron chi connectivity index (χ2n) is 4.81. The molecule has 1 aromatic rings. The second-order valence-corrected chi connectivity index (χ2v) is 5.22. The Labute approximate surface area is 117 Å². The molecule has 104 valence electrons. The molecule has 1 aliphatic rings. The number of oxime groups is 1. The third-order valence-corrected chi connectivity index (χ3v) is 3.41. The SMILES string of the molecule is C[C@@H]1CN(c2ccc(/C(N)=N/O)cc2Cl)C[C@H](C)O1. The highest BCUT2D eigenvalue weighted by molar-refractivity contribution is 6.33. The van der Waals surface area contributed by atoms with Gasteiger partial charge >= 0.3 is 0 Å². The van der Waals surface area contributed by atoms with Gasteiger partial charge in [0, 0.05) is 18.7 Å². The number of nitrogens with zero attached hydrogens (tertiary/aromatic N) is 2. The van der Waals surface area contributed by atoms with E-state index in [-0.39, 0.29) is 18.0 Å². The van der Waals surface area contributed by atoms with Crippen LogP contribution < -0.4 is 10.6 Å². The fraction of sp³-hybridized carbons (Fsp3) is 0.462. The van der Waals surface area contributed by atoms with Crippen LogP contribution in [-0.4, -0.2) is 36.3 Å². The van der Waals surface area contributed by atoms with Crippen molar-refractivity contribution in [2.24, 2.45) is 10.9 Å². The molecule has 0 aliphatic carbocycles. The van der Waals surface area contributed by atoms with Crippen molar-refractivity contribution in [1.82, 2.24) is 0 Å². The number of rotatable bonds is 2. The zero-order valence-electron chi connectivity index (χ0n) is 11.0. The van der Waals surface area contributed by atoms with Crippen LogP contribution in [0.15, 0.2) is 23.4 Å². The van der Waals surface area contributed by atoms with Crippen molar-refractivity contribution in [3.05, 3.63) is 28.8 Å². The van der Waals surface area contributed by atoms with E-state index in [0.29, 0.717) is 10.6 Å². The molecule has 0 amide bonds. The molecule has 2 rings (SSSR count). The van der Waals surface area contributed by atoms with Crippen LogP contribution >= 0.6 is 11.6 Å². The van der Waals surface area contributed by atoms with Gasteiger partial charge in [0.1, 0.15) is 0 Å². The summed E-state index contributed by atoms with van der Waals surface area (Å²) < 4.78 is 5.70. The van der Waals surface area contributed by atoms with Crippen LogP contribution in [0.2, 0.25) is 5.02 Å². The molecule has 5 nitrogen and oxygen atoms in total. The standard InChI is InChI=1S/C13H18ClN3O2/c1-8-6-17(7-9(2)19-8)12-4-3-10(5-11(12)14)13(15)16-18/h3-5,8-9,18H,6-7H2,1-2H3,(H2,15,16)/t8-,9+. The van der Waals surface area contributed by atoms with Crippen molar-refractivity contribution in [2.75, 3.05) is 18.0 Å². The monoisotopic (exact) mass is 283 g/mol. The Balaban J connectivity index is 2.26. The lowest BCUT2D eigenvalue weighted by molar-refractivity contribution is -0.00520. The molecule has 0 bridgehead atoms. The van der Waals surface area contributed by atoms with Crippen LogP contribution in [0.4, 0.5) is 5.69 Å². The molecule has 1 fully saturated rings. The number of amidine groups is 1. The van der Waals surface area contributed by atoms with Gasteiger partial charge in [-0.2, -0.15) is 0 Å². The van der Waals surface area contributed by atoms with E-state index in [4.69, 9.17) is 27.3 Å². The molecular formula is C13H18ClN3O2. The number of hydrogen-bond donors (Lipinski definition) is 2. The van der Waals surface area contributed by atoms with Crippen LogP contribution in [-0.2, 0) is 4.74 Å². The van der Waals surface area contributed by atoms with Gasteiger partial charge in [0.05, 0.1) is 22.9 Å². The van der Waals surface area contributed by atoms with Gasteiger partial charge in [0.25, 0.3) is 0 Å². The van der Waals surface area contributed by atoms with E-state index in [1.807, 2.05) is 19.9 Å². The fourth-order valence-corrected chi connectivity index (χ4v) is 2.66. The predicted molar refractivity (Wildman–Crippen MR) is 76.2 cm³/mol. The fourth-order valence-electron chi connectivity index (χ4n) is 2.36. The van der Waals surface area contributed by atoms with Crippen molar-refractivity contribution in [2.45, 2.75) is 26.1 Å². The minimum absolute atomic E-state index is 0.0529. The third kappa shape index (κ3) is 3.11. The van der Waals surface area contributed by atoms with Crippen LogP contribution in [0.25, 0.3) is 0 Å². The molecule has 2 atom stereocenters. The summed E-state index contributed by atoms with van der Waals surface area (Å²) in [6.45, 7) is 5.68. The summed E-state index contributed by atoms with van der Waals surface area (Å²) in [5.74, 6) is 0.0529. The van der Waals surface area contributed by atoms with Crippen LogP contribution in [0.1, 0.15) is 19.4 Å². The van der Waals surface area contributed by atoms with Crippen LogP contribution in [0.3, 0.4) is 0 Å². The lowest BCUT2D eigenvalue weighted by Gasteiger charge is -2.37. The van der Waals surface area contributed by atoms with Crippen molar-refractivity contribution in [1.29, 1.82) is 0 Å². The van der Waals surface area contributed by atoms with Gasteiger partial charge in [-0.25, -0.2) is 0 Å². The van der Waals surface area contributed by atoms with E-state index >= 15 is 0 Å². The molecule has 1 aliphatic heterocycles. The maximum absolute atomic E-state index is 8.66. The number of halogens is 1. The Morgan fingerprint density at radius 3 is 2.58 bits per heavy atom. The van der Waals surface area contributed by atoms with E-state index in [9.17, 15) is 0 Å². The maximum atomic E-state index is 8.66. The Hall–Kier alpha value is -1.46. The first-order valence-corrected chi connectivity index (χ1v) is 6.57. The summed E-state index contributed by atoms with van der Waals surface area (Å²) >= 11 is 6.28. The molecular weight excluding hydrogens is 266 g/mol. The van der Waals surface area contributed by atoms with Crippen LogP contribution in [0, 0.1) is 0 Å². The first-order valence-electron chi connectivity index (χ1n) is 6.19. The van der Waals surface area contributed by atoms with Gasteiger partial charge in [0.15, 0.2) is 5.84 Å². The van der Waals surface area contributed by atoms with E-state index in [1.165, 1.54) is 0 Å². The molecule has 1 aromatic carbocycles. The number of anilines is 1. The third-order valence-electron chi connectivity index (χ3n) is 3.11. The van der Waals surface area contributed by atoms with E-state index in [2.05, 4.69) is 10.1 Å². The first kappa shape index (κ1) is 14.0. The first-order chi connectivity index (χ1) is 9.01. The number of morpholine rings is 1. The molecule has 19 heavy (non-hydrogen) atoms. The molecule has 6 heteroatoms. The molecule has 0 radical (unpaired) electrons. The molecule has 1 saturated heterocycles. The summed E-state index contributed by atoms with van der Waals surface area (Å²) in [7, 11) is 0. The lowest BCUT2D eigenvalue weighted by Crippen LogP contribution is -2.45. The van der Waals surface area contributed by atoms with Crippen molar-refractivity contribution in [3.8, 4) is 0 Å². The minimum atomic E-state index is 0.0529. The predicted octanol–water partition coefficient (Wildman–Crippen LogP) is 2.05. The highest BCUT2D eigenvalue weighted by atomic mass is 35.5. The second kappa shape index (κ2) is 5.67. The van der Waals surface area contributed by atoms with Gasteiger partial charge in [-0.05, 0) is 32.0 Å². The molecule has 3 N–H and O–H groups in total. The average Bonchev–Trinajstić information content (AvgIpc) is 2.36. The zero-order chi connectivity index (χ0) is 14.0. The average molecular weight is 284 g/mol. The minimum Gasteiger partial charge on any atom is -0.409 e. The maximum Gasteiger partial charge on any atom is 0.170 e. The van der Waals surface area contributed by atoms with E-state index in [0.717, 1.165) is 18.8 Å². The lowest BCUT2D eigenvalue weighted by atomic mass is 10.1. The number of ether oxygens (including phenoxy) is 1. The largest absolute Gasteiger partial charge is 0.409 e. The number of benzene rings is 1. The van der Waals surface area contributed by atoms with Crippen molar-refractivity contribution >= 4 is 23.1 Å². The Bertz CT molecular complexity index is 483. The van der Waals surface area contributed by atoms with Gasteiger partial charge in [-0.15, -0.1) is 0 Å². The van der Waals surface area contributed by atoms with Crippen LogP contribution in [0.5, 0.6) is 0 Å². The number of nitrogens with two attached hydrogens (primary N) is 1. The smallest absolute Gasteiger partial charge is 0.170 e. The van der Waals surface area contributed by atoms with Crippen molar-refractivity contribution in [3.63, 3.8) is 0 Å². The topological polar surface area (TPSA) is 71.1 Å². The van der Waals surface area contributed by atoms with Gasteiger partial charge in [0.2, 0.25) is 0 Å². The Morgan fingerprint density at radius 1 is 1.42 bits per heavy atom. The summed E-state index contributed by atoms with van der Waals surface area (Å²) in [5, 5.41) is 12.2. The molecule has 0 unspecified atom stereocenters. The number of hydrogen-bond acceptors (Lipinski definition) is 4. The van der Waals surface area contributed by atoms with Crippen molar-refractivity contribution < 1.29 is 9.94 Å². The summed E-state index contributed by atoms with van der Waals surface area (Å²) in [6.07, 6.45) is 0.340. The van der Waals surface area contributed by atoms with Gasteiger partial charge in [-0.3, -0.25) is 0 Å². The highest BCUT2D eigenvalue weighted by Gasteiger charge is 2.23. The van der Waals surface area contributed by atoms with E-state index < -0.39 is 0 Å². The van der Waals surface area contributed by atoms with Gasteiger partial charge < -0.3 is 20.6 Å². The van der Waals surface area contributed by atoms with Gasteiger partial charge in [-0.1, -0.05) is 16.8 Å². The zero-order valence-corrected chi connectivity index (χ0v) is 11.8. The molecule has 0 spiro atoms. The summed E-state index contributed by atoms with van der Waals surface area (Å²) in [5.41, 5.74) is 7.09. The summed E-state index contributed by atoms with van der Waals surface area (Å²) in [4.78, 5) is 2.19. The Kier molecular flexibility index (Phi) is 4.17. The highest BCUT2D eigenvalue weighted by Crippen LogP contribution is 2.29. The van der Waals surface area contributed by atoms with E-state index in [1.54, 1.807) is 12.1 Å². The quantitative estimate of drug-likeness (QED) is 0.377. The summed E-state index contributed by atoms with van der Waals surface area (Å²) in [6, 6.07) is 5.39. The Morgan fingerprint density at radius 2 is 2.05 bits per heavy atom. The molecule has 0 saturated carbocycles. The molecule has 1 heterocycles. The molecule has 0 aromatic heterocycles.